The average Bonchev–Trinajstić information content (AvgIpc) is 2.82. The molecule has 0 amide bonds. The third-order valence-corrected chi connectivity index (χ3v) is 3.98. The van der Waals surface area contributed by atoms with E-state index in [1.54, 1.807) is 19.9 Å². The first-order chi connectivity index (χ1) is 10.3. The summed E-state index contributed by atoms with van der Waals surface area (Å²) in [5.74, 6) is -1.60. The highest BCUT2D eigenvalue weighted by Crippen LogP contribution is 2.36. The lowest BCUT2D eigenvalue weighted by Gasteiger charge is -2.31. The summed E-state index contributed by atoms with van der Waals surface area (Å²) in [7, 11) is 0. The second-order valence-corrected chi connectivity index (χ2v) is 5.55. The lowest BCUT2D eigenvalue weighted by atomic mass is 9.94. The summed E-state index contributed by atoms with van der Waals surface area (Å²) >= 11 is 0. The number of esters is 1. The standard InChI is InChI=1S/C16H20N2O4/c1-5-22-14(19)12-9-16(4,15(20)21)18(17-12)13-8-6-7-10(2)11(13)3/h6-8H,5,9H2,1-4H3,(H,20,21). The summed E-state index contributed by atoms with van der Waals surface area (Å²) < 4.78 is 4.95. The molecule has 118 valence electrons. The summed E-state index contributed by atoms with van der Waals surface area (Å²) in [6.45, 7) is 7.35. The summed E-state index contributed by atoms with van der Waals surface area (Å²) in [6, 6.07) is 5.60. The van der Waals surface area contributed by atoms with Gasteiger partial charge in [0.1, 0.15) is 5.71 Å². The monoisotopic (exact) mass is 304 g/mol. The van der Waals surface area contributed by atoms with E-state index in [1.807, 2.05) is 26.0 Å². The Bertz CT molecular complexity index is 654. The fourth-order valence-corrected chi connectivity index (χ4v) is 2.45. The van der Waals surface area contributed by atoms with Gasteiger partial charge in [-0.1, -0.05) is 12.1 Å². The van der Waals surface area contributed by atoms with Gasteiger partial charge in [0.2, 0.25) is 0 Å². The predicted octanol–water partition coefficient (Wildman–Crippen LogP) is 2.28. The zero-order chi connectivity index (χ0) is 16.5. The number of carboxylic acids is 1. The molecule has 1 aliphatic heterocycles. The van der Waals surface area contributed by atoms with E-state index in [9.17, 15) is 14.7 Å². The molecular formula is C16H20N2O4. The van der Waals surface area contributed by atoms with Crippen molar-refractivity contribution in [2.24, 2.45) is 5.10 Å². The molecule has 2 rings (SSSR count). The second kappa shape index (κ2) is 5.79. The van der Waals surface area contributed by atoms with Gasteiger partial charge in [-0.25, -0.2) is 14.6 Å². The van der Waals surface area contributed by atoms with Crippen molar-refractivity contribution in [3.63, 3.8) is 0 Å². The minimum absolute atomic E-state index is 0.00848. The van der Waals surface area contributed by atoms with E-state index in [1.165, 1.54) is 5.01 Å². The smallest absolute Gasteiger partial charge is 0.354 e. The number of carboxylic acid groups (broad SMARTS) is 1. The summed E-state index contributed by atoms with van der Waals surface area (Å²) in [5, 5.41) is 15.3. The predicted molar refractivity (Wildman–Crippen MR) is 83.1 cm³/mol. The molecule has 1 atom stereocenters. The maximum absolute atomic E-state index is 11.9. The molecule has 1 aliphatic rings. The molecular weight excluding hydrogens is 284 g/mol. The summed E-state index contributed by atoms with van der Waals surface area (Å²) in [4.78, 5) is 23.7. The van der Waals surface area contributed by atoms with Gasteiger partial charge in [-0.05, 0) is 44.9 Å². The zero-order valence-electron chi connectivity index (χ0n) is 13.2. The lowest BCUT2D eigenvalue weighted by molar-refractivity contribution is -0.142. The van der Waals surface area contributed by atoms with Crippen molar-refractivity contribution in [3.05, 3.63) is 29.3 Å². The second-order valence-electron chi connectivity index (χ2n) is 5.55. The van der Waals surface area contributed by atoms with Crippen molar-refractivity contribution in [1.29, 1.82) is 0 Å². The number of nitrogens with zero attached hydrogens (tertiary/aromatic N) is 2. The van der Waals surface area contributed by atoms with Crippen LogP contribution in [0.15, 0.2) is 23.3 Å². The van der Waals surface area contributed by atoms with Crippen molar-refractivity contribution >= 4 is 23.3 Å². The molecule has 0 saturated heterocycles. The summed E-state index contributed by atoms with van der Waals surface area (Å²) in [5.41, 5.74) is 1.48. The van der Waals surface area contributed by atoms with Crippen LogP contribution in [0.3, 0.4) is 0 Å². The number of hydrazone groups is 1. The first-order valence-electron chi connectivity index (χ1n) is 7.15. The Balaban J connectivity index is 2.50. The lowest BCUT2D eigenvalue weighted by Crippen LogP contribution is -2.47. The molecule has 0 fully saturated rings. The minimum Gasteiger partial charge on any atom is -0.479 e. The number of aryl methyl sites for hydroxylation is 1. The highest BCUT2D eigenvalue weighted by Gasteiger charge is 2.48. The molecule has 0 aliphatic carbocycles. The van der Waals surface area contributed by atoms with Crippen LogP contribution in [-0.4, -0.2) is 34.9 Å². The first-order valence-corrected chi connectivity index (χ1v) is 7.15. The van der Waals surface area contributed by atoms with Gasteiger partial charge in [-0.3, -0.25) is 0 Å². The molecule has 0 bridgehead atoms. The van der Waals surface area contributed by atoms with E-state index in [0.29, 0.717) is 5.69 Å². The molecule has 1 aromatic rings. The van der Waals surface area contributed by atoms with Crippen LogP contribution in [0.1, 0.15) is 31.4 Å². The summed E-state index contributed by atoms with van der Waals surface area (Å²) in [6.07, 6.45) is 0.00848. The van der Waals surface area contributed by atoms with Crippen LogP contribution in [0.5, 0.6) is 0 Å². The number of benzene rings is 1. The average molecular weight is 304 g/mol. The fourth-order valence-electron chi connectivity index (χ4n) is 2.45. The third kappa shape index (κ3) is 2.56. The quantitative estimate of drug-likeness (QED) is 0.863. The molecule has 1 N–H and O–H groups in total. The number of carbonyl (C=O) groups excluding carboxylic acids is 1. The van der Waals surface area contributed by atoms with Crippen molar-refractivity contribution in [2.75, 3.05) is 11.6 Å². The molecule has 0 spiro atoms. The Morgan fingerprint density at radius 2 is 2.09 bits per heavy atom. The first kappa shape index (κ1) is 16.0. The Morgan fingerprint density at radius 3 is 2.68 bits per heavy atom. The van der Waals surface area contributed by atoms with Crippen LogP contribution in [0.25, 0.3) is 0 Å². The molecule has 1 unspecified atom stereocenters. The van der Waals surface area contributed by atoms with Gasteiger partial charge in [0.25, 0.3) is 0 Å². The molecule has 6 heteroatoms. The molecule has 1 heterocycles. The Kier molecular flexibility index (Phi) is 4.21. The van der Waals surface area contributed by atoms with Crippen LogP contribution in [0.4, 0.5) is 5.69 Å². The number of anilines is 1. The van der Waals surface area contributed by atoms with Crippen LogP contribution in [0, 0.1) is 13.8 Å². The van der Waals surface area contributed by atoms with Gasteiger partial charge in [0.15, 0.2) is 5.54 Å². The van der Waals surface area contributed by atoms with E-state index in [0.717, 1.165) is 11.1 Å². The maximum Gasteiger partial charge on any atom is 0.354 e. The van der Waals surface area contributed by atoms with Crippen LogP contribution in [-0.2, 0) is 14.3 Å². The Labute approximate surface area is 129 Å². The number of rotatable bonds is 4. The van der Waals surface area contributed by atoms with Gasteiger partial charge in [0, 0.05) is 6.42 Å². The molecule has 0 aromatic heterocycles. The van der Waals surface area contributed by atoms with Gasteiger partial charge < -0.3 is 9.84 Å². The van der Waals surface area contributed by atoms with E-state index in [-0.39, 0.29) is 18.7 Å². The molecule has 1 aromatic carbocycles. The molecule has 6 nitrogen and oxygen atoms in total. The van der Waals surface area contributed by atoms with Gasteiger partial charge in [-0.15, -0.1) is 0 Å². The van der Waals surface area contributed by atoms with Gasteiger partial charge in [0.05, 0.1) is 12.3 Å². The Hall–Kier alpha value is -2.37. The SMILES string of the molecule is CCOC(=O)C1=NN(c2cccc(C)c2C)C(C)(C(=O)O)C1. The zero-order valence-corrected chi connectivity index (χ0v) is 13.2. The van der Waals surface area contributed by atoms with Crippen LogP contribution >= 0.6 is 0 Å². The minimum atomic E-state index is -1.30. The van der Waals surface area contributed by atoms with Crippen LogP contribution < -0.4 is 5.01 Å². The van der Waals surface area contributed by atoms with Gasteiger partial charge >= 0.3 is 11.9 Å². The van der Waals surface area contributed by atoms with E-state index in [2.05, 4.69) is 5.10 Å². The molecule has 0 saturated carbocycles. The van der Waals surface area contributed by atoms with Crippen molar-refractivity contribution in [2.45, 2.75) is 39.7 Å². The fraction of sp³-hybridized carbons (Fsp3) is 0.438. The highest BCUT2D eigenvalue weighted by atomic mass is 16.5. The van der Waals surface area contributed by atoms with E-state index in [4.69, 9.17) is 4.74 Å². The van der Waals surface area contributed by atoms with Crippen molar-refractivity contribution in [3.8, 4) is 0 Å². The molecule has 0 radical (unpaired) electrons. The molecule has 22 heavy (non-hydrogen) atoms. The third-order valence-electron chi connectivity index (χ3n) is 3.98. The van der Waals surface area contributed by atoms with E-state index < -0.39 is 17.5 Å². The van der Waals surface area contributed by atoms with Crippen molar-refractivity contribution in [1.82, 2.24) is 0 Å². The highest BCUT2D eigenvalue weighted by molar-refractivity contribution is 6.38. The Morgan fingerprint density at radius 1 is 1.41 bits per heavy atom. The van der Waals surface area contributed by atoms with Gasteiger partial charge in [-0.2, -0.15) is 5.10 Å². The number of aliphatic carboxylic acids is 1. The number of carbonyl (C=O) groups is 2. The van der Waals surface area contributed by atoms with Crippen LogP contribution in [0.2, 0.25) is 0 Å². The maximum atomic E-state index is 11.9. The van der Waals surface area contributed by atoms with E-state index >= 15 is 0 Å². The normalized spacial score (nSPS) is 20.7. The topological polar surface area (TPSA) is 79.2 Å². The number of ether oxygens (including phenoxy) is 1. The van der Waals surface area contributed by atoms with Crippen molar-refractivity contribution < 1.29 is 19.4 Å². The number of hydrogen-bond acceptors (Lipinski definition) is 5. The largest absolute Gasteiger partial charge is 0.479 e. The number of hydrogen-bond donors (Lipinski definition) is 1.